The molecule has 1 aromatic rings. The molecular weight excluding hydrogens is 268 g/mol. The van der Waals surface area contributed by atoms with E-state index >= 15 is 0 Å². The summed E-state index contributed by atoms with van der Waals surface area (Å²) in [6.45, 7) is 1.28. The van der Waals surface area contributed by atoms with Gasteiger partial charge in [-0.25, -0.2) is 0 Å². The van der Waals surface area contributed by atoms with Gasteiger partial charge in [0.1, 0.15) is 6.61 Å². The van der Waals surface area contributed by atoms with Crippen molar-refractivity contribution < 1.29 is 14.7 Å². The molecule has 0 bridgehead atoms. The summed E-state index contributed by atoms with van der Waals surface area (Å²) in [6.07, 6.45) is 2.05. The lowest BCUT2D eigenvalue weighted by molar-refractivity contribution is -0.129. The monoisotopic (exact) mass is 286 g/mol. The Bertz CT molecular complexity index is 581. The van der Waals surface area contributed by atoms with E-state index in [4.69, 9.17) is 5.11 Å². The highest BCUT2D eigenvalue weighted by Gasteiger charge is 2.18. The molecular formula is C16H18N2O3. The minimum atomic E-state index is -0.328. The molecule has 0 atom stereocenters. The van der Waals surface area contributed by atoms with Gasteiger partial charge in [0.05, 0.1) is 12.1 Å². The van der Waals surface area contributed by atoms with Crippen molar-refractivity contribution in [1.29, 1.82) is 0 Å². The number of hydrogen-bond acceptors (Lipinski definition) is 3. The molecule has 2 rings (SSSR count). The number of benzene rings is 1. The number of rotatable bonds is 3. The van der Waals surface area contributed by atoms with Crippen LogP contribution < -0.4 is 5.32 Å². The van der Waals surface area contributed by atoms with E-state index in [1.165, 1.54) is 0 Å². The number of nitrogens with one attached hydrogen (secondary N) is 1. The van der Waals surface area contributed by atoms with Crippen LogP contribution in [0.15, 0.2) is 24.3 Å². The molecule has 5 nitrogen and oxygen atoms in total. The number of carbonyl (C=O) groups is 2. The average molecular weight is 286 g/mol. The van der Waals surface area contributed by atoms with Gasteiger partial charge in [-0.2, -0.15) is 0 Å². The molecule has 1 heterocycles. The number of aliphatic hydroxyl groups is 1. The van der Waals surface area contributed by atoms with Crippen LogP contribution in [-0.4, -0.2) is 48.1 Å². The van der Waals surface area contributed by atoms with Crippen LogP contribution in [0.3, 0.4) is 0 Å². The molecule has 5 heteroatoms. The average Bonchev–Trinajstić information content (AvgIpc) is 3.05. The van der Waals surface area contributed by atoms with E-state index in [0.29, 0.717) is 11.1 Å². The SMILES string of the molecule is O=C(NCC(=O)N1CCCC1)c1ccccc1C#CCO. The molecule has 110 valence electrons. The summed E-state index contributed by atoms with van der Waals surface area (Å²) in [5.74, 6) is 4.87. The standard InChI is InChI=1S/C16H18N2O3/c19-11-5-7-13-6-1-2-8-14(13)16(21)17-12-15(20)18-9-3-4-10-18/h1-2,6,8,19H,3-4,9-12H2,(H,17,21). The van der Waals surface area contributed by atoms with Gasteiger partial charge in [0.25, 0.3) is 5.91 Å². The van der Waals surface area contributed by atoms with Crippen LogP contribution in [0.5, 0.6) is 0 Å². The van der Waals surface area contributed by atoms with Gasteiger partial charge in [-0.05, 0) is 25.0 Å². The largest absolute Gasteiger partial charge is 0.384 e. The highest BCUT2D eigenvalue weighted by molar-refractivity contribution is 5.98. The maximum Gasteiger partial charge on any atom is 0.252 e. The quantitative estimate of drug-likeness (QED) is 0.789. The van der Waals surface area contributed by atoms with Crippen LogP contribution in [0.2, 0.25) is 0 Å². The van der Waals surface area contributed by atoms with Gasteiger partial charge in [0, 0.05) is 18.7 Å². The van der Waals surface area contributed by atoms with Crippen molar-refractivity contribution in [2.75, 3.05) is 26.2 Å². The van der Waals surface area contributed by atoms with Gasteiger partial charge in [-0.15, -0.1) is 0 Å². The Labute approximate surface area is 124 Å². The van der Waals surface area contributed by atoms with Crippen LogP contribution in [-0.2, 0) is 4.79 Å². The molecule has 1 aliphatic heterocycles. The van der Waals surface area contributed by atoms with Crippen molar-refractivity contribution in [3.05, 3.63) is 35.4 Å². The second kappa shape index (κ2) is 7.46. The molecule has 1 aliphatic rings. The van der Waals surface area contributed by atoms with Gasteiger partial charge in [-0.1, -0.05) is 24.0 Å². The summed E-state index contributed by atoms with van der Waals surface area (Å²) >= 11 is 0. The third-order valence-electron chi connectivity index (χ3n) is 3.33. The van der Waals surface area contributed by atoms with Crippen molar-refractivity contribution >= 4 is 11.8 Å². The molecule has 0 unspecified atom stereocenters. The van der Waals surface area contributed by atoms with Crippen LogP contribution in [0, 0.1) is 11.8 Å². The third-order valence-corrected chi connectivity index (χ3v) is 3.33. The zero-order chi connectivity index (χ0) is 15.1. The van der Waals surface area contributed by atoms with Gasteiger partial charge in [-0.3, -0.25) is 9.59 Å². The Morgan fingerprint density at radius 3 is 2.67 bits per heavy atom. The van der Waals surface area contributed by atoms with Gasteiger partial charge in [0.15, 0.2) is 0 Å². The van der Waals surface area contributed by atoms with E-state index in [1.807, 2.05) is 0 Å². The third kappa shape index (κ3) is 4.07. The molecule has 0 spiro atoms. The summed E-state index contributed by atoms with van der Waals surface area (Å²) < 4.78 is 0. The van der Waals surface area contributed by atoms with E-state index in [9.17, 15) is 9.59 Å². The lowest BCUT2D eigenvalue weighted by Gasteiger charge is -2.15. The summed E-state index contributed by atoms with van der Waals surface area (Å²) in [6, 6.07) is 6.87. The Morgan fingerprint density at radius 1 is 1.24 bits per heavy atom. The zero-order valence-electron chi connectivity index (χ0n) is 11.8. The first-order chi connectivity index (χ1) is 10.2. The van der Waals surface area contributed by atoms with Crippen molar-refractivity contribution in [3.8, 4) is 11.8 Å². The van der Waals surface area contributed by atoms with E-state index < -0.39 is 0 Å². The smallest absolute Gasteiger partial charge is 0.252 e. The first kappa shape index (κ1) is 15.1. The maximum atomic E-state index is 12.1. The van der Waals surface area contributed by atoms with Crippen molar-refractivity contribution in [2.24, 2.45) is 0 Å². The van der Waals surface area contributed by atoms with Crippen molar-refractivity contribution in [2.45, 2.75) is 12.8 Å². The van der Waals surface area contributed by atoms with Crippen LogP contribution in [0.25, 0.3) is 0 Å². The lowest BCUT2D eigenvalue weighted by Crippen LogP contribution is -2.38. The van der Waals surface area contributed by atoms with E-state index in [2.05, 4.69) is 17.2 Å². The molecule has 1 fully saturated rings. The number of aliphatic hydroxyl groups excluding tert-OH is 1. The minimum Gasteiger partial charge on any atom is -0.384 e. The lowest BCUT2D eigenvalue weighted by atomic mass is 10.1. The Kier molecular flexibility index (Phi) is 5.35. The molecule has 1 saturated heterocycles. The molecule has 2 amide bonds. The predicted molar refractivity (Wildman–Crippen MR) is 78.6 cm³/mol. The van der Waals surface area contributed by atoms with Crippen LogP contribution in [0.1, 0.15) is 28.8 Å². The molecule has 21 heavy (non-hydrogen) atoms. The Balaban J connectivity index is 1.98. The molecule has 0 saturated carbocycles. The molecule has 1 aromatic carbocycles. The summed E-state index contributed by atoms with van der Waals surface area (Å²) in [5, 5.41) is 11.4. The topological polar surface area (TPSA) is 69.6 Å². The van der Waals surface area contributed by atoms with E-state index in [-0.39, 0.29) is 25.0 Å². The van der Waals surface area contributed by atoms with E-state index in [0.717, 1.165) is 25.9 Å². The molecule has 0 radical (unpaired) electrons. The van der Waals surface area contributed by atoms with Crippen molar-refractivity contribution in [1.82, 2.24) is 10.2 Å². The maximum absolute atomic E-state index is 12.1. The Morgan fingerprint density at radius 2 is 1.95 bits per heavy atom. The first-order valence-corrected chi connectivity index (χ1v) is 6.97. The summed E-state index contributed by atoms with van der Waals surface area (Å²) in [7, 11) is 0. The summed E-state index contributed by atoms with van der Waals surface area (Å²) in [5.41, 5.74) is 0.949. The number of nitrogens with zero attached hydrogens (tertiary/aromatic N) is 1. The predicted octanol–water partition coefficient (Wildman–Crippen LogP) is 0.383. The second-order valence-electron chi connectivity index (χ2n) is 4.78. The van der Waals surface area contributed by atoms with Gasteiger partial charge >= 0.3 is 0 Å². The number of carbonyl (C=O) groups excluding carboxylic acids is 2. The van der Waals surface area contributed by atoms with Crippen molar-refractivity contribution in [3.63, 3.8) is 0 Å². The minimum absolute atomic E-state index is 0.000591. The second-order valence-corrected chi connectivity index (χ2v) is 4.78. The van der Waals surface area contributed by atoms with Crippen LogP contribution >= 0.6 is 0 Å². The molecule has 0 aliphatic carbocycles. The van der Waals surface area contributed by atoms with Gasteiger partial charge in [0.2, 0.25) is 5.91 Å². The normalized spacial score (nSPS) is 13.5. The highest BCUT2D eigenvalue weighted by Crippen LogP contribution is 2.08. The fourth-order valence-corrected chi connectivity index (χ4v) is 2.25. The van der Waals surface area contributed by atoms with E-state index in [1.54, 1.807) is 29.2 Å². The first-order valence-electron chi connectivity index (χ1n) is 6.97. The zero-order valence-corrected chi connectivity index (χ0v) is 11.8. The highest BCUT2D eigenvalue weighted by atomic mass is 16.2. The fraction of sp³-hybridized carbons (Fsp3) is 0.375. The fourth-order valence-electron chi connectivity index (χ4n) is 2.25. The molecule has 2 N–H and O–H groups in total. The number of hydrogen-bond donors (Lipinski definition) is 2. The number of likely N-dealkylation sites (tertiary alicyclic amines) is 1. The van der Waals surface area contributed by atoms with Gasteiger partial charge < -0.3 is 15.3 Å². The van der Waals surface area contributed by atoms with Crippen LogP contribution in [0.4, 0.5) is 0 Å². The summed E-state index contributed by atoms with van der Waals surface area (Å²) in [4.78, 5) is 25.8. The Hall–Kier alpha value is -2.32. The number of amides is 2. The molecule has 0 aromatic heterocycles.